The van der Waals surface area contributed by atoms with Crippen molar-refractivity contribution in [3.05, 3.63) is 0 Å². The minimum absolute atomic E-state index is 0.517. The summed E-state index contributed by atoms with van der Waals surface area (Å²) in [6.07, 6.45) is -12.1. The minimum atomic E-state index is -1.81. The molecule has 0 aliphatic carbocycles. The monoisotopic (exact) mass is 634 g/mol. The molecule has 2 aliphatic heterocycles. The Balaban J connectivity index is 2.66. The number of aliphatic hydroxyl groups is 1. The number of carbonyl (C=O) groups is 7. The molecule has 0 saturated carbocycles. The maximum absolute atomic E-state index is 12.3. The largest absolute Gasteiger partial charge is 0.463 e. The average molecular weight is 635 g/mol. The SMILES string of the molecule is CC(=O)N[C@@H]1[C@@H](O[C@@H]2O[C@H](COC(C)=O)[C@@H](OC(C)=O)[C@H](OC(C)=O)[C@H]2NC(C)=O)[C@H](OC(C)=O)[C@@H](COC(C)=O)O[C@H]1O. The number of rotatable bonds is 11. The highest BCUT2D eigenvalue weighted by atomic mass is 16.7. The molecule has 0 aromatic rings. The fourth-order valence-electron chi connectivity index (χ4n) is 4.70. The molecule has 0 unspecified atom stereocenters. The molecule has 0 bridgehead atoms. The van der Waals surface area contributed by atoms with E-state index in [1.54, 1.807) is 0 Å². The van der Waals surface area contributed by atoms with Crippen LogP contribution in [0.25, 0.3) is 0 Å². The van der Waals surface area contributed by atoms with Gasteiger partial charge in [-0.15, -0.1) is 0 Å². The number of hydrogen-bond donors (Lipinski definition) is 3. The molecule has 0 aromatic carbocycles. The number of ether oxygens (including phenoxy) is 8. The Bertz CT molecular complexity index is 1100. The number of amides is 2. The van der Waals surface area contributed by atoms with E-state index in [1.807, 2.05) is 0 Å². The Morgan fingerprint density at radius 2 is 0.977 bits per heavy atom. The van der Waals surface area contributed by atoms with Crippen LogP contribution >= 0.6 is 0 Å². The first-order chi connectivity index (χ1) is 20.5. The van der Waals surface area contributed by atoms with Crippen molar-refractivity contribution >= 4 is 41.7 Å². The number of esters is 5. The van der Waals surface area contributed by atoms with Crippen LogP contribution in [0.2, 0.25) is 0 Å². The lowest BCUT2D eigenvalue weighted by molar-refractivity contribution is -0.326. The molecule has 2 fully saturated rings. The van der Waals surface area contributed by atoms with E-state index in [2.05, 4.69) is 10.6 Å². The summed E-state index contributed by atoms with van der Waals surface area (Å²) < 4.78 is 44.0. The summed E-state index contributed by atoms with van der Waals surface area (Å²) in [4.78, 5) is 83.9. The minimum Gasteiger partial charge on any atom is -0.463 e. The summed E-state index contributed by atoms with van der Waals surface area (Å²) >= 11 is 0. The van der Waals surface area contributed by atoms with Crippen LogP contribution in [0.4, 0.5) is 0 Å². The van der Waals surface area contributed by atoms with E-state index in [4.69, 9.17) is 37.9 Å². The van der Waals surface area contributed by atoms with Gasteiger partial charge in [-0.05, 0) is 0 Å². The van der Waals surface area contributed by atoms with Crippen LogP contribution in [-0.4, -0.2) is 121 Å². The molecule has 2 heterocycles. The van der Waals surface area contributed by atoms with Crippen LogP contribution in [-0.2, 0) is 71.5 Å². The molecule has 3 N–H and O–H groups in total. The van der Waals surface area contributed by atoms with Gasteiger partial charge in [0.05, 0.1) is 0 Å². The van der Waals surface area contributed by atoms with Gasteiger partial charge in [-0.25, -0.2) is 0 Å². The zero-order valence-electron chi connectivity index (χ0n) is 25.3. The van der Waals surface area contributed by atoms with Gasteiger partial charge in [0.25, 0.3) is 0 Å². The molecule has 10 atom stereocenters. The molecule has 44 heavy (non-hydrogen) atoms. The van der Waals surface area contributed by atoms with Crippen molar-refractivity contribution in [1.29, 1.82) is 0 Å². The van der Waals surface area contributed by atoms with E-state index >= 15 is 0 Å². The molecule has 18 nitrogen and oxygen atoms in total. The van der Waals surface area contributed by atoms with Crippen LogP contribution in [0, 0.1) is 0 Å². The van der Waals surface area contributed by atoms with Crippen molar-refractivity contribution in [2.45, 2.75) is 110 Å². The van der Waals surface area contributed by atoms with Gasteiger partial charge < -0.3 is 53.6 Å². The molecule has 18 heteroatoms. The summed E-state index contributed by atoms with van der Waals surface area (Å²) in [7, 11) is 0. The smallest absolute Gasteiger partial charge is 0.303 e. The van der Waals surface area contributed by atoms with Gasteiger partial charge in [0.2, 0.25) is 11.8 Å². The number of hydrogen-bond acceptors (Lipinski definition) is 16. The van der Waals surface area contributed by atoms with E-state index in [0.29, 0.717) is 0 Å². The molecular weight excluding hydrogens is 596 g/mol. The third-order valence-corrected chi connectivity index (χ3v) is 6.15. The predicted molar refractivity (Wildman–Crippen MR) is 140 cm³/mol. The van der Waals surface area contributed by atoms with E-state index < -0.39 is 116 Å². The zero-order chi connectivity index (χ0) is 33.3. The van der Waals surface area contributed by atoms with Crippen molar-refractivity contribution < 1.29 is 76.6 Å². The fourth-order valence-corrected chi connectivity index (χ4v) is 4.70. The molecule has 0 radical (unpaired) electrons. The number of carbonyl (C=O) groups excluding carboxylic acids is 7. The Labute approximate surface area is 252 Å². The van der Waals surface area contributed by atoms with Crippen molar-refractivity contribution in [3.8, 4) is 0 Å². The number of nitrogens with one attached hydrogen (secondary N) is 2. The predicted octanol–water partition coefficient (Wildman–Crippen LogP) is -2.26. The van der Waals surface area contributed by atoms with Gasteiger partial charge >= 0.3 is 29.8 Å². The molecule has 2 aliphatic rings. The summed E-state index contributed by atoms with van der Waals surface area (Å²) in [5.41, 5.74) is 0. The third-order valence-electron chi connectivity index (χ3n) is 6.15. The van der Waals surface area contributed by atoms with Gasteiger partial charge in [0, 0.05) is 48.5 Å². The first kappa shape index (κ1) is 36.3. The molecule has 0 aromatic heterocycles. The molecule has 0 spiro atoms. The Hall–Kier alpha value is -3.87. The maximum Gasteiger partial charge on any atom is 0.303 e. The summed E-state index contributed by atoms with van der Waals surface area (Å²) in [6.45, 7) is 6.60. The summed E-state index contributed by atoms with van der Waals surface area (Å²) in [5.74, 6) is -5.31. The zero-order valence-corrected chi connectivity index (χ0v) is 25.3. The van der Waals surface area contributed by atoms with Gasteiger partial charge in [-0.3, -0.25) is 33.6 Å². The van der Waals surface area contributed by atoms with Crippen molar-refractivity contribution in [1.82, 2.24) is 10.6 Å². The van der Waals surface area contributed by atoms with Crippen molar-refractivity contribution in [2.24, 2.45) is 0 Å². The molecule has 2 rings (SSSR count). The van der Waals surface area contributed by atoms with Crippen LogP contribution < -0.4 is 10.6 Å². The van der Waals surface area contributed by atoms with Crippen molar-refractivity contribution in [3.63, 3.8) is 0 Å². The van der Waals surface area contributed by atoms with E-state index in [9.17, 15) is 38.7 Å². The van der Waals surface area contributed by atoms with E-state index in [0.717, 1.165) is 48.5 Å². The second-order valence-corrected chi connectivity index (χ2v) is 9.99. The second-order valence-electron chi connectivity index (χ2n) is 9.99. The second kappa shape index (κ2) is 16.3. The number of aliphatic hydroxyl groups excluding tert-OH is 1. The average Bonchev–Trinajstić information content (AvgIpc) is 2.87. The quantitative estimate of drug-likeness (QED) is 0.161. The van der Waals surface area contributed by atoms with Gasteiger partial charge in [0.15, 0.2) is 30.9 Å². The van der Waals surface area contributed by atoms with Crippen LogP contribution in [0.3, 0.4) is 0 Å². The Morgan fingerprint density at radius 1 is 0.568 bits per heavy atom. The summed E-state index contributed by atoms with van der Waals surface area (Å²) in [5, 5.41) is 15.8. The van der Waals surface area contributed by atoms with Gasteiger partial charge in [0.1, 0.15) is 43.6 Å². The normalized spacial score (nSPS) is 31.5. The lowest BCUT2D eigenvalue weighted by Crippen LogP contribution is -2.70. The lowest BCUT2D eigenvalue weighted by atomic mass is 9.94. The van der Waals surface area contributed by atoms with Crippen LogP contribution in [0.1, 0.15) is 48.5 Å². The topological polar surface area (TPSA) is 238 Å². The molecule has 2 amide bonds. The first-order valence-corrected chi connectivity index (χ1v) is 13.5. The Morgan fingerprint density at radius 3 is 1.41 bits per heavy atom. The Kier molecular flexibility index (Phi) is 13.4. The third kappa shape index (κ3) is 10.7. The van der Waals surface area contributed by atoms with Crippen LogP contribution in [0.5, 0.6) is 0 Å². The van der Waals surface area contributed by atoms with Crippen molar-refractivity contribution in [2.75, 3.05) is 13.2 Å². The molecular formula is C26H38N2O16. The highest BCUT2D eigenvalue weighted by Crippen LogP contribution is 2.33. The fraction of sp³-hybridized carbons (Fsp3) is 0.731. The first-order valence-electron chi connectivity index (χ1n) is 13.5. The van der Waals surface area contributed by atoms with E-state index in [-0.39, 0.29) is 0 Å². The molecule has 2 saturated heterocycles. The standard InChI is InChI=1S/C26H38N2O16/c1-10(29)27-19-23(21(39-14(5)33)17(42-25(19)36)8-37-12(3)31)44-26-20(28-11(2)30)24(41-16(7)35)22(40-15(6)34)18(43-26)9-38-13(4)32/h17-26,36H,8-9H2,1-7H3,(H,27,29)(H,28,30)/t17-,18-,19-,20-,21-,22-,23-,24-,25-,26+/m1/s1. The highest BCUT2D eigenvalue weighted by molar-refractivity contribution is 5.74. The summed E-state index contributed by atoms with van der Waals surface area (Å²) in [6, 6.07) is -2.88. The van der Waals surface area contributed by atoms with Gasteiger partial charge in [-0.1, -0.05) is 0 Å². The lowest BCUT2D eigenvalue weighted by Gasteiger charge is -2.49. The van der Waals surface area contributed by atoms with Gasteiger partial charge in [-0.2, -0.15) is 0 Å². The molecule has 248 valence electrons. The highest BCUT2D eigenvalue weighted by Gasteiger charge is 2.55. The maximum atomic E-state index is 12.3. The van der Waals surface area contributed by atoms with Crippen LogP contribution in [0.15, 0.2) is 0 Å². The van der Waals surface area contributed by atoms with E-state index in [1.165, 1.54) is 0 Å².